The Labute approximate surface area is 127 Å². The molecule has 0 spiro atoms. The van der Waals surface area contributed by atoms with E-state index in [0.29, 0.717) is 11.4 Å². The number of imidazole rings is 1. The Morgan fingerprint density at radius 2 is 2.09 bits per heavy atom. The lowest BCUT2D eigenvalue weighted by molar-refractivity contribution is -0.119. The van der Waals surface area contributed by atoms with E-state index in [0.717, 1.165) is 17.8 Å². The molecule has 2 rings (SSSR count). The monoisotopic (exact) mass is 325 g/mol. The molecule has 0 saturated carbocycles. The molecule has 2 aromatic rings. The number of halogens is 1. The lowest BCUT2D eigenvalue weighted by Crippen LogP contribution is -2.31. The number of H-pyrrole nitrogens is 1. The van der Waals surface area contributed by atoms with Crippen molar-refractivity contribution in [1.82, 2.24) is 14.7 Å². The van der Waals surface area contributed by atoms with Crippen molar-refractivity contribution in [2.24, 2.45) is 0 Å². The predicted octanol–water partition coefficient (Wildman–Crippen LogP) is 1.60. The third-order valence-electron chi connectivity index (χ3n) is 2.97. The van der Waals surface area contributed by atoms with Crippen molar-refractivity contribution >= 4 is 15.9 Å². The van der Waals surface area contributed by atoms with Crippen LogP contribution in [-0.4, -0.2) is 24.3 Å². The first-order valence-electron chi connectivity index (χ1n) is 6.60. The van der Waals surface area contributed by atoms with Gasteiger partial charge in [0.25, 0.3) is 10.0 Å². The topological polar surface area (TPSA) is 91.9 Å². The van der Waals surface area contributed by atoms with Gasteiger partial charge in [0.15, 0.2) is 0 Å². The first-order valence-corrected chi connectivity index (χ1v) is 8.08. The number of hydrogen-bond acceptors (Lipinski definition) is 4. The lowest BCUT2D eigenvalue weighted by Gasteiger charge is -2.08. The molecule has 0 unspecified atom stereocenters. The maximum absolute atomic E-state index is 13.7. The van der Waals surface area contributed by atoms with E-state index in [1.165, 1.54) is 6.07 Å². The van der Waals surface area contributed by atoms with Crippen molar-refractivity contribution in [2.45, 2.75) is 31.6 Å². The molecular weight excluding hydrogens is 309 g/mol. The molecule has 118 valence electrons. The zero-order chi connectivity index (χ0) is 16.3. The summed E-state index contributed by atoms with van der Waals surface area (Å²) < 4.78 is 39.6. The van der Waals surface area contributed by atoms with Gasteiger partial charge in [0.2, 0.25) is 5.91 Å². The molecule has 0 atom stereocenters. The van der Waals surface area contributed by atoms with Crippen LogP contribution in [0.4, 0.5) is 4.39 Å². The van der Waals surface area contributed by atoms with E-state index in [1.54, 1.807) is 13.1 Å². The quantitative estimate of drug-likeness (QED) is 0.873. The summed E-state index contributed by atoms with van der Waals surface area (Å²) in [6, 6.07) is 3.70. The Morgan fingerprint density at radius 3 is 2.68 bits per heavy atom. The van der Waals surface area contributed by atoms with Crippen molar-refractivity contribution in [3.05, 3.63) is 47.3 Å². The molecule has 0 bridgehead atoms. The molecule has 0 aliphatic carbocycles. The fourth-order valence-corrected chi connectivity index (χ4v) is 2.98. The fourth-order valence-electron chi connectivity index (χ4n) is 1.91. The summed E-state index contributed by atoms with van der Waals surface area (Å²) in [5.41, 5.74) is 1.45. The summed E-state index contributed by atoms with van der Waals surface area (Å²) in [6.07, 6.45) is 1.82. The van der Waals surface area contributed by atoms with E-state index in [9.17, 15) is 17.6 Å². The van der Waals surface area contributed by atoms with E-state index in [2.05, 4.69) is 9.97 Å². The van der Waals surface area contributed by atoms with Crippen LogP contribution < -0.4 is 4.72 Å². The third-order valence-corrected chi connectivity index (χ3v) is 4.38. The highest BCUT2D eigenvalue weighted by atomic mass is 32.2. The van der Waals surface area contributed by atoms with Gasteiger partial charge in [-0.3, -0.25) is 4.79 Å². The van der Waals surface area contributed by atoms with E-state index < -0.39 is 26.6 Å². The van der Waals surface area contributed by atoms with Crippen LogP contribution in [0.15, 0.2) is 29.3 Å². The van der Waals surface area contributed by atoms with Gasteiger partial charge in [-0.05, 0) is 31.5 Å². The van der Waals surface area contributed by atoms with Gasteiger partial charge in [-0.15, -0.1) is 0 Å². The minimum Gasteiger partial charge on any atom is -0.346 e. The highest BCUT2D eigenvalue weighted by Crippen LogP contribution is 2.15. The Morgan fingerprint density at radius 1 is 1.36 bits per heavy atom. The number of aromatic amines is 1. The number of aryl methyl sites for hydroxylation is 3. The van der Waals surface area contributed by atoms with Crippen molar-refractivity contribution in [3.8, 4) is 0 Å². The van der Waals surface area contributed by atoms with Gasteiger partial charge in [0.1, 0.15) is 16.5 Å². The molecule has 0 radical (unpaired) electrons. The second-order valence-electron chi connectivity index (χ2n) is 4.98. The van der Waals surface area contributed by atoms with Crippen LogP contribution in [0.3, 0.4) is 0 Å². The minimum absolute atomic E-state index is 0.0698. The molecule has 0 aliphatic heterocycles. The van der Waals surface area contributed by atoms with Gasteiger partial charge in [-0.1, -0.05) is 6.07 Å². The second-order valence-corrected chi connectivity index (χ2v) is 6.63. The van der Waals surface area contributed by atoms with E-state index >= 15 is 0 Å². The maximum atomic E-state index is 13.7. The van der Waals surface area contributed by atoms with Crippen molar-refractivity contribution < 1.29 is 17.6 Å². The molecule has 0 fully saturated rings. The van der Waals surface area contributed by atoms with Crippen LogP contribution in [-0.2, 0) is 21.2 Å². The Kier molecular flexibility index (Phi) is 4.60. The van der Waals surface area contributed by atoms with Crippen LogP contribution in [0, 0.1) is 19.7 Å². The summed E-state index contributed by atoms with van der Waals surface area (Å²) >= 11 is 0. The van der Waals surface area contributed by atoms with Crippen LogP contribution in [0.5, 0.6) is 0 Å². The fraction of sp³-hybridized carbons (Fsp3) is 0.286. The zero-order valence-electron chi connectivity index (χ0n) is 12.2. The van der Waals surface area contributed by atoms with Gasteiger partial charge in [-0.25, -0.2) is 22.5 Å². The molecule has 8 heteroatoms. The zero-order valence-corrected chi connectivity index (χ0v) is 13.0. The van der Waals surface area contributed by atoms with E-state index in [1.807, 2.05) is 11.6 Å². The normalized spacial score (nSPS) is 11.4. The summed E-state index contributed by atoms with van der Waals surface area (Å²) in [5, 5.41) is 0. The van der Waals surface area contributed by atoms with Gasteiger partial charge in [0, 0.05) is 24.7 Å². The van der Waals surface area contributed by atoms with Crippen molar-refractivity contribution in [1.29, 1.82) is 0 Å². The van der Waals surface area contributed by atoms with Crippen molar-refractivity contribution in [3.63, 3.8) is 0 Å². The Hall–Kier alpha value is -2.22. The standard InChI is InChI=1S/C14H16FN3O3S/c1-9-3-4-12(11(15)7-9)22(20,21)18-14(19)6-5-13-16-8-10(2)17-13/h3-4,7-8H,5-6H2,1-2H3,(H,16,17)(H,18,19). The number of nitrogens with zero attached hydrogens (tertiary/aromatic N) is 1. The Balaban J connectivity index is 2.03. The predicted molar refractivity (Wildman–Crippen MR) is 78.1 cm³/mol. The number of rotatable bonds is 5. The third kappa shape index (κ3) is 3.91. The number of benzene rings is 1. The lowest BCUT2D eigenvalue weighted by atomic mass is 10.2. The SMILES string of the molecule is Cc1ccc(S(=O)(=O)NC(=O)CCc2ncc(C)[nH]2)c(F)c1. The Bertz CT molecular complexity index is 799. The van der Waals surface area contributed by atoms with Gasteiger partial charge >= 0.3 is 0 Å². The summed E-state index contributed by atoms with van der Waals surface area (Å²) in [5.74, 6) is -1.01. The first kappa shape index (κ1) is 16.2. The minimum atomic E-state index is -4.21. The van der Waals surface area contributed by atoms with E-state index in [-0.39, 0.29) is 12.8 Å². The average molecular weight is 325 g/mol. The van der Waals surface area contributed by atoms with Crippen LogP contribution in [0.25, 0.3) is 0 Å². The van der Waals surface area contributed by atoms with Gasteiger partial charge < -0.3 is 4.98 Å². The van der Waals surface area contributed by atoms with Gasteiger partial charge in [-0.2, -0.15) is 0 Å². The number of hydrogen-bond donors (Lipinski definition) is 2. The number of carbonyl (C=O) groups excluding carboxylic acids is 1. The first-order chi connectivity index (χ1) is 10.3. The number of carbonyl (C=O) groups is 1. The highest BCUT2D eigenvalue weighted by Gasteiger charge is 2.21. The molecule has 22 heavy (non-hydrogen) atoms. The molecule has 1 aromatic carbocycles. The molecule has 1 amide bonds. The number of sulfonamides is 1. The number of aromatic nitrogens is 2. The molecule has 0 saturated heterocycles. The molecule has 6 nitrogen and oxygen atoms in total. The molecule has 2 N–H and O–H groups in total. The van der Waals surface area contributed by atoms with Crippen LogP contribution in [0.1, 0.15) is 23.5 Å². The van der Waals surface area contributed by atoms with Crippen molar-refractivity contribution in [2.75, 3.05) is 0 Å². The molecule has 1 aromatic heterocycles. The largest absolute Gasteiger partial charge is 0.346 e. The molecular formula is C14H16FN3O3S. The maximum Gasteiger partial charge on any atom is 0.266 e. The molecule has 1 heterocycles. The second kappa shape index (κ2) is 6.27. The summed E-state index contributed by atoms with van der Waals surface area (Å²) in [7, 11) is -4.21. The summed E-state index contributed by atoms with van der Waals surface area (Å²) in [4.78, 5) is 18.2. The highest BCUT2D eigenvalue weighted by molar-refractivity contribution is 7.90. The van der Waals surface area contributed by atoms with Crippen LogP contribution >= 0.6 is 0 Å². The number of amides is 1. The summed E-state index contributed by atoms with van der Waals surface area (Å²) in [6.45, 7) is 3.46. The number of nitrogens with one attached hydrogen (secondary N) is 2. The molecule has 0 aliphatic rings. The average Bonchev–Trinajstić information content (AvgIpc) is 2.81. The smallest absolute Gasteiger partial charge is 0.266 e. The van der Waals surface area contributed by atoms with Crippen LogP contribution in [0.2, 0.25) is 0 Å². The van der Waals surface area contributed by atoms with Gasteiger partial charge in [0.05, 0.1) is 0 Å². The van der Waals surface area contributed by atoms with E-state index in [4.69, 9.17) is 0 Å².